The molecule has 18 heavy (non-hydrogen) atoms. The molecular weight excluding hydrogens is 224 g/mol. The SMILES string of the molecule is COc1ccccc1C(NN)C1(C)CCCCC1. The number of benzene rings is 1. The van der Waals surface area contributed by atoms with E-state index in [1.165, 1.54) is 37.7 Å². The molecule has 1 aliphatic rings. The minimum absolute atomic E-state index is 0.161. The largest absolute Gasteiger partial charge is 0.496 e. The van der Waals surface area contributed by atoms with Crippen LogP contribution in [0.25, 0.3) is 0 Å². The highest BCUT2D eigenvalue weighted by molar-refractivity contribution is 5.37. The van der Waals surface area contributed by atoms with Crippen molar-refractivity contribution in [3.63, 3.8) is 0 Å². The van der Waals surface area contributed by atoms with Gasteiger partial charge in [0.15, 0.2) is 0 Å². The van der Waals surface area contributed by atoms with E-state index in [1.807, 2.05) is 18.2 Å². The van der Waals surface area contributed by atoms with Gasteiger partial charge in [-0.1, -0.05) is 44.4 Å². The van der Waals surface area contributed by atoms with Crippen LogP contribution in [0.2, 0.25) is 0 Å². The topological polar surface area (TPSA) is 47.3 Å². The quantitative estimate of drug-likeness (QED) is 0.635. The van der Waals surface area contributed by atoms with Crippen LogP contribution in [0.1, 0.15) is 50.6 Å². The molecule has 3 heteroatoms. The van der Waals surface area contributed by atoms with Crippen molar-refractivity contribution >= 4 is 0 Å². The summed E-state index contributed by atoms with van der Waals surface area (Å²) in [5, 5.41) is 0. The lowest BCUT2D eigenvalue weighted by Gasteiger charge is -2.41. The molecule has 1 unspecified atom stereocenters. The summed E-state index contributed by atoms with van der Waals surface area (Å²) in [6.07, 6.45) is 6.38. The lowest BCUT2D eigenvalue weighted by atomic mass is 9.68. The van der Waals surface area contributed by atoms with Gasteiger partial charge in [-0.3, -0.25) is 11.3 Å². The van der Waals surface area contributed by atoms with E-state index in [2.05, 4.69) is 18.4 Å². The van der Waals surface area contributed by atoms with Crippen LogP contribution in [0.5, 0.6) is 5.75 Å². The molecule has 1 aromatic carbocycles. The molecule has 0 aliphatic heterocycles. The highest BCUT2D eigenvalue weighted by Gasteiger charge is 2.37. The van der Waals surface area contributed by atoms with Crippen molar-refractivity contribution in [3.8, 4) is 5.75 Å². The van der Waals surface area contributed by atoms with Crippen LogP contribution < -0.4 is 16.0 Å². The van der Waals surface area contributed by atoms with Gasteiger partial charge in [0, 0.05) is 5.56 Å². The summed E-state index contributed by atoms with van der Waals surface area (Å²) in [5.74, 6) is 6.76. The first kappa shape index (κ1) is 13.4. The Morgan fingerprint density at radius 1 is 1.22 bits per heavy atom. The summed E-state index contributed by atoms with van der Waals surface area (Å²) >= 11 is 0. The third-order valence-corrected chi connectivity index (χ3v) is 4.31. The summed E-state index contributed by atoms with van der Waals surface area (Å²) in [6.45, 7) is 2.34. The number of nitrogens with two attached hydrogens (primary N) is 1. The first-order valence-corrected chi connectivity index (χ1v) is 6.80. The van der Waals surface area contributed by atoms with Crippen molar-refractivity contribution in [2.75, 3.05) is 7.11 Å². The molecule has 3 nitrogen and oxygen atoms in total. The van der Waals surface area contributed by atoms with Crippen molar-refractivity contribution in [1.29, 1.82) is 0 Å². The molecule has 0 bridgehead atoms. The summed E-state index contributed by atoms with van der Waals surface area (Å²) in [7, 11) is 1.72. The van der Waals surface area contributed by atoms with Crippen molar-refractivity contribution < 1.29 is 4.74 Å². The van der Waals surface area contributed by atoms with Gasteiger partial charge in [-0.25, -0.2) is 0 Å². The van der Waals surface area contributed by atoms with Crippen molar-refractivity contribution in [2.24, 2.45) is 11.3 Å². The van der Waals surface area contributed by atoms with Gasteiger partial charge >= 0.3 is 0 Å². The van der Waals surface area contributed by atoms with Crippen LogP contribution in [0.3, 0.4) is 0 Å². The second kappa shape index (κ2) is 5.72. The van der Waals surface area contributed by atoms with Crippen molar-refractivity contribution in [2.45, 2.75) is 45.1 Å². The molecule has 1 aliphatic carbocycles. The normalized spacial score (nSPS) is 20.4. The molecule has 1 atom stereocenters. The second-order valence-electron chi connectivity index (χ2n) is 5.56. The number of para-hydroxylation sites is 1. The Labute approximate surface area is 110 Å². The second-order valence-corrected chi connectivity index (χ2v) is 5.56. The van der Waals surface area contributed by atoms with Gasteiger partial charge in [-0.2, -0.15) is 0 Å². The van der Waals surface area contributed by atoms with Crippen molar-refractivity contribution in [1.82, 2.24) is 5.43 Å². The molecule has 2 rings (SSSR count). The minimum atomic E-state index is 0.161. The molecule has 0 amide bonds. The average Bonchev–Trinajstić information content (AvgIpc) is 2.40. The van der Waals surface area contributed by atoms with E-state index in [4.69, 9.17) is 10.6 Å². The third-order valence-electron chi connectivity index (χ3n) is 4.31. The lowest BCUT2D eigenvalue weighted by molar-refractivity contribution is 0.143. The van der Waals surface area contributed by atoms with Gasteiger partial charge < -0.3 is 4.74 Å². The first-order valence-electron chi connectivity index (χ1n) is 6.80. The van der Waals surface area contributed by atoms with Gasteiger partial charge in [-0.15, -0.1) is 0 Å². The smallest absolute Gasteiger partial charge is 0.123 e. The van der Waals surface area contributed by atoms with Gasteiger partial charge in [0.1, 0.15) is 5.75 Å². The number of rotatable bonds is 4. The van der Waals surface area contributed by atoms with E-state index in [-0.39, 0.29) is 11.5 Å². The van der Waals surface area contributed by atoms with E-state index in [0.29, 0.717) is 0 Å². The van der Waals surface area contributed by atoms with Crippen LogP contribution >= 0.6 is 0 Å². The molecule has 100 valence electrons. The third kappa shape index (κ3) is 2.52. The maximum atomic E-state index is 5.84. The number of hydrazine groups is 1. The average molecular weight is 248 g/mol. The van der Waals surface area contributed by atoms with Crippen LogP contribution in [0, 0.1) is 5.41 Å². The predicted molar refractivity (Wildman–Crippen MR) is 74.3 cm³/mol. The lowest BCUT2D eigenvalue weighted by Crippen LogP contribution is -2.41. The van der Waals surface area contributed by atoms with E-state index in [9.17, 15) is 0 Å². The van der Waals surface area contributed by atoms with Crippen LogP contribution in [-0.4, -0.2) is 7.11 Å². The molecule has 1 saturated carbocycles. The van der Waals surface area contributed by atoms with Crippen LogP contribution in [-0.2, 0) is 0 Å². The van der Waals surface area contributed by atoms with Gasteiger partial charge in [0.25, 0.3) is 0 Å². The molecule has 0 aromatic heterocycles. The van der Waals surface area contributed by atoms with E-state index in [0.717, 1.165) is 5.75 Å². The van der Waals surface area contributed by atoms with Crippen molar-refractivity contribution in [3.05, 3.63) is 29.8 Å². The molecule has 0 radical (unpaired) electrons. The predicted octanol–water partition coefficient (Wildman–Crippen LogP) is 3.17. The molecule has 3 N–H and O–H groups in total. The Hall–Kier alpha value is -1.06. The summed E-state index contributed by atoms with van der Waals surface area (Å²) in [6, 6.07) is 8.33. The standard InChI is InChI=1S/C15H24N2O/c1-15(10-6-3-7-11-15)14(17-16)12-8-4-5-9-13(12)18-2/h4-5,8-9,14,17H,3,6-7,10-11,16H2,1-2H3. The molecule has 0 heterocycles. The Morgan fingerprint density at radius 2 is 1.89 bits per heavy atom. The molecule has 1 aromatic rings. The highest BCUT2D eigenvalue weighted by atomic mass is 16.5. The highest BCUT2D eigenvalue weighted by Crippen LogP contribution is 2.47. The number of hydrogen-bond donors (Lipinski definition) is 2. The van der Waals surface area contributed by atoms with Crippen LogP contribution in [0.4, 0.5) is 0 Å². The first-order chi connectivity index (χ1) is 8.71. The zero-order valence-corrected chi connectivity index (χ0v) is 11.4. The minimum Gasteiger partial charge on any atom is -0.496 e. The maximum absolute atomic E-state index is 5.84. The fourth-order valence-electron chi connectivity index (χ4n) is 3.22. The number of methoxy groups -OCH3 is 1. The van der Waals surface area contributed by atoms with Gasteiger partial charge in [0.2, 0.25) is 0 Å². The number of ether oxygens (including phenoxy) is 1. The fraction of sp³-hybridized carbons (Fsp3) is 0.600. The van der Waals surface area contributed by atoms with Gasteiger partial charge in [-0.05, 0) is 24.3 Å². The Morgan fingerprint density at radius 3 is 2.50 bits per heavy atom. The van der Waals surface area contributed by atoms with E-state index >= 15 is 0 Å². The zero-order chi connectivity index (χ0) is 13.0. The van der Waals surface area contributed by atoms with Gasteiger partial charge in [0.05, 0.1) is 13.2 Å². The maximum Gasteiger partial charge on any atom is 0.123 e. The zero-order valence-electron chi connectivity index (χ0n) is 11.4. The summed E-state index contributed by atoms with van der Waals surface area (Å²) < 4.78 is 5.47. The Bertz CT molecular complexity index is 386. The molecule has 0 saturated heterocycles. The van der Waals surface area contributed by atoms with Crippen LogP contribution in [0.15, 0.2) is 24.3 Å². The van der Waals surface area contributed by atoms with E-state index in [1.54, 1.807) is 7.11 Å². The molecule has 1 fully saturated rings. The number of nitrogens with one attached hydrogen (secondary N) is 1. The number of hydrogen-bond acceptors (Lipinski definition) is 3. The summed E-state index contributed by atoms with van der Waals surface area (Å²) in [5.41, 5.74) is 4.42. The Balaban J connectivity index is 2.32. The molecular formula is C15H24N2O. The molecule has 0 spiro atoms. The monoisotopic (exact) mass is 248 g/mol. The fourth-order valence-corrected chi connectivity index (χ4v) is 3.22. The Kier molecular flexibility index (Phi) is 4.25. The van der Waals surface area contributed by atoms with E-state index < -0.39 is 0 Å². The summed E-state index contributed by atoms with van der Waals surface area (Å²) in [4.78, 5) is 0.